The maximum Gasteiger partial charge on any atom is 0.259 e. The number of rotatable bonds is 6. The van der Waals surface area contributed by atoms with E-state index >= 15 is 4.39 Å². The number of piperazine rings is 1. The minimum absolute atomic E-state index is 0.0620. The third-order valence-corrected chi connectivity index (χ3v) is 8.38. The van der Waals surface area contributed by atoms with Gasteiger partial charge in [-0.15, -0.1) is 0 Å². The van der Waals surface area contributed by atoms with E-state index in [-0.39, 0.29) is 28.3 Å². The molecule has 2 saturated heterocycles. The van der Waals surface area contributed by atoms with Crippen LogP contribution in [0.15, 0.2) is 41.3 Å². The second-order valence-electron chi connectivity index (χ2n) is 11.2. The van der Waals surface area contributed by atoms with Crippen LogP contribution < -0.4 is 15.5 Å². The number of nitrogens with zero attached hydrogens (tertiary/aromatic N) is 4. The first-order valence-corrected chi connectivity index (χ1v) is 14.0. The molecule has 0 spiro atoms. The number of halogens is 1. The van der Waals surface area contributed by atoms with Gasteiger partial charge in [0.25, 0.3) is 5.91 Å². The van der Waals surface area contributed by atoms with Crippen LogP contribution in [0.4, 0.5) is 10.1 Å². The van der Waals surface area contributed by atoms with Gasteiger partial charge in [-0.3, -0.25) is 9.59 Å². The summed E-state index contributed by atoms with van der Waals surface area (Å²) < 4.78 is 23.7. The number of benzene rings is 2. The Morgan fingerprint density at radius 1 is 1.10 bits per heavy atom. The van der Waals surface area contributed by atoms with Crippen molar-refractivity contribution in [2.24, 2.45) is 5.92 Å². The normalized spacial score (nSPS) is 18.2. The average Bonchev–Trinajstić information content (AvgIpc) is 2.94. The van der Waals surface area contributed by atoms with Crippen molar-refractivity contribution >= 4 is 22.5 Å². The highest BCUT2D eigenvalue weighted by Gasteiger charge is 2.30. The number of carbonyl (C=O) groups excluding carboxylic acids is 1. The number of piperidine rings is 1. The Bertz CT molecular complexity index is 1460. The molecule has 1 aromatic heterocycles. The molecular formula is C30H36FN5O3. The number of fused-ring (bicyclic) bond motifs is 2. The van der Waals surface area contributed by atoms with Gasteiger partial charge in [-0.25, -0.2) is 4.39 Å². The molecule has 0 bridgehead atoms. The number of anilines is 1. The molecule has 39 heavy (non-hydrogen) atoms. The van der Waals surface area contributed by atoms with Crippen LogP contribution in [0.1, 0.15) is 36.5 Å². The predicted octanol–water partition coefficient (Wildman–Crippen LogP) is 4.16. The number of hydrogen-bond acceptors (Lipinski definition) is 6. The Kier molecular flexibility index (Phi) is 7.03. The summed E-state index contributed by atoms with van der Waals surface area (Å²) in [5.41, 5.74) is 1.03. The zero-order valence-corrected chi connectivity index (χ0v) is 22.7. The van der Waals surface area contributed by atoms with Crippen molar-refractivity contribution in [3.8, 4) is 17.2 Å². The quantitative estimate of drug-likeness (QED) is 0.376. The fourth-order valence-electron chi connectivity index (χ4n) is 5.85. The third-order valence-electron chi connectivity index (χ3n) is 8.38. The van der Waals surface area contributed by atoms with Crippen LogP contribution in [-0.2, 0) is 0 Å². The van der Waals surface area contributed by atoms with Crippen molar-refractivity contribution in [1.29, 1.82) is 0 Å². The van der Waals surface area contributed by atoms with Crippen LogP contribution in [0.3, 0.4) is 0 Å². The highest BCUT2D eigenvalue weighted by Crippen LogP contribution is 2.45. The molecule has 2 fully saturated rings. The fraction of sp³-hybridized carbons (Fsp3) is 0.467. The molecule has 3 aliphatic rings. The predicted molar refractivity (Wildman–Crippen MR) is 151 cm³/mol. The summed E-state index contributed by atoms with van der Waals surface area (Å²) in [4.78, 5) is 33.6. The molecule has 206 valence electrons. The van der Waals surface area contributed by atoms with Gasteiger partial charge in [-0.1, -0.05) is 19.1 Å². The lowest BCUT2D eigenvalue weighted by molar-refractivity contribution is 0.0695. The number of amides is 1. The van der Waals surface area contributed by atoms with E-state index in [1.807, 2.05) is 28.8 Å². The van der Waals surface area contributed by atoms with E-state index in [1.165, 1.54) is 6.07 Å². The molecule has 4 heterocycles. The van der Waals surface area contributed by atoms with Crippen LogP contribution in [-0.4, -0.2) is 84.6 Å². The van der Waals surface area contributed by atoms with Gasteiger partial charge < -0.3 is 29.3 Å². The summed E-state index contributed by atoms with van der Waals surface area (Å²) in [7, 11) is 2.14. The zero-order valence-electron chi connectivity index (χ0n) is 22.7. The van der Waals surface area contributed by atoms with Crippen LogP contribution in [0, 0.1) is 11.7 Å². The van der Waals surface area contributed by atoms with Gasteiger partial charge in [0.15, 0.2) is 17.3 Å². The van der Waals surface area contributed by atoms with Crippen molar-refractivity contribution in [3.63, 3.8) is 0 Å². The second kappa shape index (κ2) is 10.6. The summed E-state index contributed by atoms with van der Waals surface area (Å²) in [5.74, 6) is 0.532. The Labute approximate surface area is 227 Å². The average molecular weight is 534 g/mol. The standard InChI is InChI=1S/C30H36FN5O3/c1-20-8-12-35(13-9-20)30(38)22-19-36-24-6-3-4-7-25(24)39-29-26(23(31)18-21(27(29)36)28(22)37)32-10-5-11-34-16-14-33(2)15-17-34/h3-4,6-7,18-20,32H,5,8-17H2,1-2H3. The van der Waals surface area contributed by atoms with E-state index in [1.54, 1.807) is 11.1 Å². The third kappa shape index (κ3) is 4.89. The molecule has 3 aliphatic heterocycles. The molecule has 6 rings (SSSR count). The zero-order chi connectivity index (χ0) is 27.1. The van der Waals surface area contributed by atoms with Crippen molar-refractivity contribution < 1.29 is 13.9 Å². The van der Waals surface area contributed by atoms with Gasteiger partial charge in [0, 0.05) is 52.0 Å². The number of likely N-dealkylation sites (tertiary alicyclic amines) is 1. The van der Waals surface area contributed by atoms with E-state index in [2.05, 4.69) is 29.1 Å². The summed E-state index contributed by atoms with van der Waals surface area (Å²) in [5, 5.41) is 3.40. The Morgan fingerprint density at radius 2 is 1.85 bits per heavy atom. The topological polar surface area (TPSA) is 70.1 Å². The minimum Gasteiger partial charge on any atom is -0.451 e. The van der Waals surface area contributed by atoms with Gasteiger partial charge in [0.1, 0.15) is 16.8 Å². The number of pyridine rings is 1. The minimum atomic E-state index is -0.559. The highest BCUT2D eigenvalue weighted by atomic mass is 19.1. The van der Waals surface area contributed by atoms with Crippen molar-refractivity contribution in [2.75, 3.05) is 64.7 Å². The van der Waals surface area contributed by atoms with E-state index in [4.69, 9.17) is 4.74 Å². The Hall–Kier alpha value is -3.43. The number of aromatic nitrogens is 1. The first-order chi connectivity index (χ1) is 18.9. The summed E-state index contributed by atoms with van der Waals surface area (Å²) in [6, 6.07) is 8.69. The maximum atomic E-state index is 15.6. The molecule has 0 radical (unpaired) electrons. The molecule has 1 N–H and O–H groups in total. The van der Waals surface area contributed by atoms with Gasteiger partial charge in [-0.05, 0) is 57.0 Å². The van der Waals surface area contributed by atoms with Crippen LogP contribution in [0.25, 0.3) is 16.6 Å². The van der Waals surface area contributed by atoms with Crippen LogP contribution >= 0.6 is 0 Å². The lowest BCUT2D eigenvalue weighted by Crippen LogP contribution is -2.44. The Morgan fingerprint density at radius 3 is 2.62 bits per heavy atom. The molecule has 1 amide bonds. The number of nitrogens with one attached hydrogen (secondary N) is 1. The van der Waals surface area contributed by atoms with Crippen molar-refractivity contribution in [1.82, 2.24) is 19.3 Å². The first-order valence-electron chi connectivity index (χ1n) is 14.0. The second-order valence-corrected chi connectivity index (χ2v) is 11.2. The lowest BCUT2D eigenvalue weighted by atomic mass is 9.98. The number of hydrogen-bond donors (Lipinski definition) is 1. The van der Waals surface area contributed by atoms with Gasteiger partial charge in [0.05, 0.1) is 11.1 Å². The van der Waals surface area contributed by atoms with Crippen LogP contribution in [0.2, 0.25) is 0 Å². The largest absolute Gasteiger partial charge is 0.451 e. The molecule has 0 unspecified atom stereocenters. The fourth-order valence-corrected chi connectivity index (χ4v) is 5.85. The summed E-state index contributed by atoms with van der Waals surface area (Å²) in [6.45, 7) is 9.11. The summed E-state index contributed by atoms with van der Waals surface area (Å²) >= 11 is 0. The smallest absolute Gasteiger partial charge is 0.259 e. The lowest BCUT2D eigenvalue weighted by Gasteiger charge is -2.32. The molecule has 0 saturated carbocycles. The van der Waals surface area contributed by atoms with Crippen molar-refractivity contribution in [2.45, 2.75) is 26.2 Å². The van der Waals surface area contributed by atoms with E-state index in [0.717, 1.165) is 52.0 Å². The molecule has 3 aromatic rings. The molecule has 0 atom stereocenters. The van der Waals surface area contributed by atoms with Gasteiger partial charge in [0.2, 0.25) is 5.43 Å². The Balaban J connectivity index is 1.35. The maximum absolute atomic E-state index is 15.6. The van der Waals surface area contributed by atoms with E-state index in [9.17, 15) is 9.59 Å². The monoisotopic (exact) mass is 533 g/mol. The van der Waals surface area contributed by atoms with Crippen molar-refractivity contribution in [3.05, 3.63) is 58.1 Å². The first kappa shape index (κ1) is 25.8. The van der Waals surface area contributed by atoms with Gasteiger partial charge in [-0.2, -0.15) is 0 Å². The molecule has 2 aromatic carbocycles. The van der Waals surface area contributed by atoms with E-state index < -0.39 is 11.2 Å². The molecule has 0 aliphatic carbocycles. The summed E-state index contributed by atoms with van der Waals surface area (Å²) in [6.07, 6.45) is 4.29. The number of carbonyl (C=O) groups is 1. The van der Waals surface area contributed by atoms with E-state index in [0.29, 0.717) is 42.5 Å². The number of ether oxygens (including phenoxy) is 1. The van der Waals surface area contributed by atoms with Crippen LogP contribution in [0.5, 0.6) is 11.5 Å². The molecule has 8 nitrogen and oxygen atoms in total. The number of para-hydroxylation sites is 2. The molecular weight excluding hydrogens is 497 g/mol. The van der Waals surface area contributed by atoms with Gasteiger partial charge >= 0.3 is 0 Å². The highest BCUT2D eigenvalue weighted by molar-refractivity contribution is 6.01. The number of likely N-dealkylation sites (N-methyl/N-ethyl adjacent to an activating group) is 1. The molecule has 9 heteroatoms. The SMILES string of the molecule is CC1CCN(C(=O)c2cn3c4c(c(NCCCN5CCN(C)CC5)c(F)cc4c2=O)Oc2ccccc2-3)CC1.